The molecule has 3 aromatic heterocycles. The summed E-state index contributed by atoms with van der Waals surface area (Å²) in [6, 6.07) is 1.88. The van der Waals surface area contributed by atoms with E-state index < -0.39 is 0 Å². The lowest BCUT2D eigenvalue weighted by molar-refractivity contribution is 0.693. The van der Waals surface area contributed by atoms with Crippen molar-refractivity contribution in [3.05, 3.63) is 44.1 Å². The number of thiophene rings is 1. The number of halogens is 1. The molecule has 8 heteroatoms. The summed E-state index contributed by atoms with van der Waals surface area (Å²) >= 11 is 4.72. The Morgan fingerprint density at radius 2 is 2.25 bits per heavy atom. The molecule has 6 nitrogen and oxygen atoms in total. The Labute approximate surface area is 126 Å². The van der Waals surface area contributed by atoms with Gasteiger partial charge in [0.15, 0.2) is 5.82 Å². The lowest BCUT2D eigenvalue weighted by Crippen LogP contribution is -2.23. The minimum absolute atomic E-state index is 0.161. The van der Waals surface area contributed by atoms with Crippen molar-refractivity contribution in [1.29, 1.82) is 0 Å². The quantitative estimate of drug-likeness (QED) is 0.762. The predicted octanol–water partition coefficient (Wildman–Crippen LogP) is 1.95. The Bertz CT molecular complexity index is 857. The van der Waals surface area contributed by atoms with Crippen LogP contribution in [0.5, 0.6) is 0 Å². The van der Waals surface area contributed by atoms with Crippen LogP contribution in [0, 0.1) is 6.92 Å². The zero-order valence-corrected chi connectivity index (χ0v) is 12.9. The van der Waals surface area contributed by atoms with E-state index in [0.29, 0.717) is 21.8 Å². The van der Waals surface area contributed by atoms with Crippen LogP contribution in [-0.2, 0) is 6.54 Å². The molecule has 2 N–H and O–H groups in total. The highest BCUT2D eigenvalue weighted by Crippen LogP contribution is 2.22. The molecule has 0 bridgehead atoms. The van der Waals surface area contributed by atoms with Crippen LogP contribution >= 0.6 is 27.3 Å². The molecule has 102 valence electrons. The number of nitrogen functional groups attached to an aromatic ring is 1. The first-order chi connectivity index (χ1) is 9.56. The van der Waals surface area contributed by atoms with Crippen molar-refractivity contribution >= 4 is 43.3 Å². The molecule has 0 aromatic carbocycles. The molecular formula is C12H10BrN5OS. The molecular weight excluding hydrogens is 342 g/mol. The maximum absolute atomic E-state index is 12.1. The molecule has 0 aliphatic carbocycles. The highest BCUT2D eigenvalue weighted by atomic mass is 79.9. The van der Waals surface area contributed by atoms with Crippen molar-refractivity contribution < 1.29 is 0 Å². The topological polar surface area (TPSA) is 86.7 Å². The summed E-state index contributed by atoms with van der Waals surface area (Å²) in [7, 11) is 0. The molecule has 20 heavy (non-hydrogen) atoms. The van der Waals surface area contributed by atoms with Crippen LogP contribution in [0.3, 0.4) is 0 Å². The van der Waals surface area contributed by atoms with Gasteiger partial charge in [0.25, 0.3) is 5.56 Å². The highest BCUT2D eigenvalue weighted by Gasteiger charge is 2.10. The van der Waals surface area contributed by atoms with Crippen LogP contribution in [0.25, 0.3) is 10.2 Å². The fraction of sp³-hybridized carbons (Fsp3) is 0.167. The number of anilines is 1. The van der Waals surface area contributed by atoms with Crippen LogP contribution in [-0.4, -0.2) is 19.5 Å². The van der Waals surface area contributed by atoms with E-state index in [1.165, 1.54) is 22.2 Å². The zero-order valence-electron chi connectivity index (χ0n) is 10.5. The van der Waals surface area contributed by atoms with Gasteiger partial charge in [0.2, 0.25) is 0 Å². The molecule has 3 heterocycles. The third-order valence-corrected chi connectivity index (χ3v) is 4.59. The monoisotopic (exact) mass is 351 g/mol. The van der Waals surface area contributed by atoms with Gasteiger partial charge in [0.05, 0.1) is 24.0 Å². The second kappa shape index (κ2) is 4.95. The number of aromatic nitrogens is 4. The van der Waals surface area contributed by atoms with Crippen molar-refractivity contribution in [2.24, 2.45) is 0 Å². The number of nitrogens with two attached hydrogens (primary N) is 1. The number of fused-ring (bicyclic) bond motifs is 1. The van der Waals surface area contributed by atoms with Crippen LogP contribution in [0.2, 0.25) is 0 Å². The summed E-state index contributed by atoms with van der Waals surface area (Å²) in [6.07, 6.45) is 1.49. The molecule has 0 aliphatic heterocycles. The normalized spacial score (nSPS) is 11.1. The fourth-order valence-corrected chi connectivity index (χ4v) is 2.93. The van der Waals surface area contributed by atoms with E-state index in [9.17, 15) is 4.79 Å². The average molecular weight is 352 g/mol. The molecule has 0 unspecified atom stereocenters. The predicted molar refractivity (Wildman–Crippen MR) is 81.9 cm³/mol. The van der Waals surface area contributed by atoms with Crippen LogP contribution in [0.15, 0.2) is 27.0 Å². The molecule has 3 rings (SSSR count). The largest absolute Gasteiger partial charge is 0.383 e. The van der Waals surface area contributed by atoms with Gasteiger partial charge >= 0.3 is 0 Å². The lowest BCUT2D eigenvalue weighted by Gasteiger charge is -2.07. The van der Waals surface area contributed by atoms with Crippen molar-refractivity contribution in [3.63, 3.8) is 0 Å². The summed E-state index contributed by atoms with van der Waals surface area (Å²) in [6.45, 7) is 2.00. The van der Waals surface area contributed by atoms with Crippen LogP contribution in [0.1, 0.15) is 11.5 Å². The first-order valence-corrected chi connectivity index (χ1v) is 7.44. The van der Waals surface area contributed by atoms with Crippen molar-refractivity contribution in [1.82, 2.24) is 19.5 Å². The molecule has 0 atom stereocenters. The molecule has 0 radical (unpaired) electrons. The first-order valence-electron chi connectivity index (χ1n) is 5.77. The third-order valence-electron chi connectivity index (χ3n) is 2.87. The summed E-state index contributed by atoms with van der Waals surface area (Å²) in [5.41, 5.74) is 6.38. The van der Waals surface area contributed by atoms with E-state index in [2.05, 4.69) is 30.9 Å². The number of hydrogen-bond donors (Lipinski definition) is 1. The summed E-state index contributed by atoms with van der Waals surface area (Å²) < 4.78 is 1.90. The Morgan fingerprint density at radius 3 is 3.05 bits per heavy atom. The number of aryl methyl sites for hydroxylation is 1. The van der Waals surface area contributed by atoms with Crippen molar-refractivity contribution in [2.45, 2.75) is 13.5 Å². The Hall–Kier alpha value is -1.80. The number of rotatable bonds is 2. The minimum atomic E-state index is -0.161. The first kappa shape index (κ1) is 13.2. The maximum Gasteiger partial charge on any atom is 0.268 e. The van der Waals surface area contributed by atoms with Gasteiger partial charge in [-0.05, 0) is 34.3 Å². The fourth-order valence-electron chi connectivity index (χ4n) is 1.81. The second-order valence-electron chi connectivity index (χ2n) is 4.24. The van der Waals surface area contributed by atoms with Crippen molar-refractivity contribution in [3.8, 4) is 0 Å². The SMILES string of the molecule is Cc1ncn(Cc2nc(N)c3ccsc3n2)c(=O)c1Br. The van der Waals surface area contributed by atoms with Gasteiger partial charge in [-0.15, -0.1) is 11.3 Å². The molecule has 0 saturated carbocycles. The Balaban J connectivity index is 2.05. The smallest absolute Gasteiger partial charge is 0.268 e. The van der Waals surface area contributed by atoms with Gasteiger partial charge in [-0.25, -0.2) is 15.0 Å². The third kappa shape index (κ3) is 2.20. The van der Waals surface area contributed by atoms with Crippen LogP contribution in [0.4, 0.5) is 5.82 Å². The van der Waals surface area contributed by atoms with Gasteiger partial charge in [0, 0.05) is 0 Å². The summed E-state index contributed by atoms with van der Waals surface area (Å²) in [5.74, 6) is 0.926. The van der Waals surface area contributed by atoms with E-state index >= 15 is 0 Å². The second-order valence-corrected chi connectivity index (χ2v) is 5.93. The average Bonchev–Trinajstić information content (AvgIpc) is 2.88. The van der Waals surface area contributed by atoms with E-state index in [0.717, 1.165) is 10.2 Å². The van der Waals surface area contributed by atoms with E-state index in [1.54, 1.807) is 6.92 Å². The minimum Gasteiger partial charge on any atom is -0.383 e. The molecule has 0 aliphatic rings. The molecule has 0 fully saturated rings. The van der Waals surface area contributed by atoms with E-state index in [-0.39, 0.29) is 12.1 Å². The van der Waals surface area contributed by atoms with Gasteiger partial charge in [-0.1, -0.05) is 0 Å². The summed E-state index contributed by atoms with van der Waals surface area (Å²) in [4.78, 5) is 25.7. The van der Waals surface area contributed by atoms with E-state index in [1.807, 2.05) is 11.4 Å². The number of hydrogen-bond acceptors (Lipinski definition) is 6. The van der Waals surface area contributed by atoms with Gasteiger partial charge in [-0.3, -0.25) is 9.36 Å². The maximum atomic E-state index is 12.1. The zero-order chi connectivity index (χ0) is 14.3. The standard InChI is InChI=1S/C12H10BrN5OS/c1-6-9(13)12(19)18(5-15-6)4-8-16-10(14)7-2-3-20-11(7)17-8/h2-3,5H,4H2,1H3,(H2,14,16,17). The molecule has 3 aromatic rings. The molecule has 0 saturated heterocycles. The Morgan fingerprint density at radius 1 is 1.45 bits per heavy atom. The van der Waals surface area contributed by atoms with E-state index in [4.69, 9.17) is 5.73 Å². The van der Waals surface area contributed by atoms with Crippen LogP contribution < -0.4 is 11.3 Å². The van der Waals surface area contributed by atoms with Crippen molar-refractivity contribution in [2.75, 3.05) is 5.73 Å². The number of nitrogens with zero attached hydrogens (tertiary/aromatic N) is 4. The molecule has 0 spiro atoms. The lowest BCUT2D eigenvalue weighted by atomic mass is 10.4. The molecule has 0 amide bonds. The Kier molecular flexibility index (Phi) is 3.27. The van der Waals surface area contributed by atoms with Gasteiger partial charge < -0.3 is 5.73 Å². The van der Waals surface area contributed by atoms with Gasteiger partial charge in [0.1, 0.15) is 15.1 Å². The highest BCUT2D eigenvalue weighted by molar-refractivity contribution is 9.10. The van der Waals surface area contributed by atoms with Gasteiger partial charge in [-0.2, -0.15) is 0 Å². The summed E-state index contributed by atoms with van der Waals surface area (Å²) in [5, 5.41) is 2.75.